The molecule has 1 amide bonds. The molecule has 0 unspecified atom stereocenters. The molecule has 1 fully saturated rings. The Bertz CT molecular complexity index is 2060. The summed E-state index contributed by atoms with van der Waals surface area (Å²) in [5.74, 6) is 0.313. The number of anilines is 1. The molecule has 0 saturated heterocycles. The number of carbonyl (C=O) groups is 3. The smallest absolute Gasteiger partial charge is 0.338 e. The average molecular weight is 728 g/mol. The first-order valence-electron chi connectivity index (χ1n) is 18.5. The molecule has 54 heavy (non-hydrogen) atoms. The van der Waals surface area contributed by atoms with E-state index in [0.29, 0.717) is 70.9 Å². The lowest BCUT2D eigenvalue weighted by molar-refractivity contribution is 0.00210. The van der Waals surface area contributed by atoms with Crippen LogP contribution in [-0.4, -0.2) is 54.5 Å². The van der Waals surface area contributed by atoms with Crippen LogP contribution in [0.5, 0.6) is 11.5 Å². The number of carbonyl (C=O) groups excluding carboxylic acids is 3. The van der Waals surface area contributed by atoms with Gasteiger partial charge in [-0.3, -0.25) is 4.79 Å². The van der Waals surface area contributed by atoms with E-state index in [1.165, 1.54) is 7.11 Å². The normalized spacial score (nSPS) is 14.7. The first kappa shape index (κ1) is 37.7. The molecule has 0 spiro atoms. The largest absolute Gasteiger partial charge is 0.494 e. The number of methoxy groups -OCH3 is 1. The molecule has 1 saturated carbocycles. The quantitative estimate of drug-likeness (QED) is 0.0782. The van der Waals surface area contributed by atoms with Crippen molar-refractivity contribution >= 4 is 23.5 Å². The van der Waals surface area contributed by atoms with Gasteiger partial charge in [0.05, 0.1) is 48.5 Å². The molecule has 0 radical (unpaired) electrons. The van der Waals surface area contributed by atoms with Crippen molar-refractivity contribution in [3.63, 3.8) is 0 Å². The number of rotatable bonds is 16. The van der Waals surface area contributed by atoms with Gasteiger partial charge in [0.15, 0.2) is 0 Å². The Morgan fingerprint density at radius 3 is 2.00 bits per heavy atom. The third kappa shape index (κ3) is 9.30. The number of hydrogen-bond donors (Lipinski definition) is 1. The average Bonchev–Trinajstić information content (AvgIpc) is 3.19. The fraction of sp³-hybridized carbons (Fsp3) is 0.295. The lowest BCUT2D eigenvalue weighted by Gasteiger charge is -2.35. The summed E-state index contributed by atoms with van der Waals surface area (Å²) in [6, 6.07) is 30.6. The zero-order valence-corrected chi connectivity index (χ0v) is 30.9. The third-order valence-electron chi connectivity index (χ3n) is 9.38. The SMILES string of the molecule is CCCCOc1ccc(C(=O)Nc2ccccc2-c2cc(C3CC(OC(=O)c4ccc(OCCCC)cc4)C3)c(-c3cccc(C(=O)OC)c3)nn2)cc1. The lowest BCUT2D eigenvalue weighted by Crippen LogP contribution is -2.32. The van der Waals surface area contributed by atoms with Crippen LogP contribution in [0.3, 0.4) is 0 Å². The zero-order chi connectivity index (χ0) is 37.9. The molecule has 10 heteroatoms. The van der Waals surface area contributed by atoms with Crippen molar-refractivity contribution in [2.24, 2.45) is 0 Å². The van der Waals surface area contributed by atoms with Crippen molar-refractivity contribution in [3.8, 4) is 34.0 Å². The van der Waals surface area contributed by atoms with E-state index in [1.807, 2.05) is 36.4 Å². The summed E-state index contributed by atoms with van der Waals surface area (Å²) < 4.78 is 22.3. The van der Waals surface area contributed by atoms with Crippen molar-refractivity contribution in [1.29, 1.82) is 0 Å². The molecular weight excluding hydrogens is 682 g/mol. The standard InChI is InChI=1S/C44H45N3O7/c1-4-6-23-52-34-19-15-29(16-20-34)42(48)45-39-14-9-8-13-37(39)40-28-38(41(47-46-40)31-11-10-12-32(25-31)43(49)51-3)33-26-36(27-33)54-44(50)30-17-21-35(22-18-30)53-24-7-5-2/h8-22,25,28,33,36H,4-7,23-24,26-27H2,1-3H3,(H,45,48). The van der Waals surface area contributed by atoms with Gasteiger partial charge >= 0.3 is 11.9 Å². The summed E-state index contributed by atoms with van der Waals surface area (Å²) in [7, 11) is 1.34. The summed E-state index contributed by atoms with van der Waals surface area (Å²) in [5, 5.41) is 12.4. The van der Waals surface area contributed by atoms with E-state index in [9.17, 15) is 14.4 Å². The van der Waals surface area contributed by atoms with E-state index in [4.69, 9.17) is 24.0 Å². The second-order valence-electron chi connectivity index (χ2n) is 13.3. The molecule has 6 rings (SSSR count). The fourth-order valence-corrected chi connectivity index (χ4v) is 6.19. The molecule has 4 aromatic carbocycles. The van der Waals surface area contributed by atoms with Crippen LogP contribution in [0.25, 0.3) is 22.5 Å². The van der Waals surface area contributed by atoms with Gasteiger partial charge < -0.3 is 24.3 Å². The summed E-state index contributed by atoms with van der Waals surface area (Å²) >= 11 is 0. The molecule has 1 aliphatic rings. The Hall–Kier alpha value is -6.03. The number of unbranched alkanes of at least 4 members (excludes halogenated alkanes) is 2. The van der Waals surface area contributed by atoms with Crippen LogP contribution in [0, 0.1) is 0 Å². The van der Waals surface area contributed by atoms with Gasteiger partial charge in [0, 0.05) is 16.7 Å². The van der Waals surface area contributed by atoms with E-state index in [2.05, 4.69) is 24.3 Å². The number of ether oxygens (including phenoxy) is 4. The predicted molar refractivity (Wildman–Crippen MR) is 207 cm³/mol. The molecule has 1 N–H and O–H groups in total. The maximum Gasteiger partial charge on any atom is 0.338 e. The third-order valence-corrected chi connectivity index (χ3v) is 9.38. The zero-order valence-electron chi connectivity index (χ0n) is 30.9. The van der Waals surface area contributed by atoms with E-state index >= 15 is 0 Å². The van der Waals surface area contributed by atoms with Gasteiger partial charge in [0.2, 0.25) is 0 Å². The molecule has 10 nitrogen and oxygen atoms in total. The number of benzene rings is 4. The summed E-state index contributed by atoms with van der Waals surface area (Å²) in [6.45, 7) is 5.48. The molecule has 278 valence electrons. The van der Waals surface area contributed by atoms with Crippen molar-refractivity contribution in [2.45, 2.75) is 64.4 Å². The van der Waals surface area contributed by atoms with Gasteiger partial charge in [-0.2, -0.15) is 0 Å². The highest BCUT2D eigenvalue weighted by molar-refractivity contribution is 6.06. The maximum atomic E-state index is 13.4. The molecule has 0 aliphatic heterocycles. The minimum atomic E-state index is -0.456. The molecule has 0 bridgehead atoms. The van der Waals surface area contributed by atoms with Gasteiger partial charge in [0.25, 0.3) is 5.91 Å². The topological polar surface area (TPSA) is 126 Å². The first-order chi connectivity index (χ1) is 26.4. The molecule has 1 aromatic heterocycles. The van der Waals surface area contributed by atoms with Gasteiger partial charge in [0.1, 0.15) is 17.6 Å². The van der Waals surface area contributed by atoms with Crippen LogP contribution < -0.4 is 14.8 Å². The monoisotopic (exact) mass is 727 g/mol. The lowest BCUT2D eigenvalue weighted by atomic mass is 9.76. The first-order valence-corrected chi connectivity index (χ1v) is 18.5. The van der Waals surface area contributed by atoms with Gasteiger partial charge in [-0.25, -0.2) is 9.59 Å². The van der Waals surface area contributed by atoms with E-state index in [-0.39, 0.29) is 23.9 Å². The van der Waals surface area contributed by atoms with Crippen molar-refractivity contribution < 1.29 is 33.3 Å². The Kier molecular flexibility index (Phi) is 12.7. The van der Waals surface area contributed by atoms with Crippen LogP contribution in [-0.2, 0) is 9.47 Å². The second-order valence-corrected chi connectivity index (χ2v) is 13.3. The number of aromatic nitrogens is 2. The van der Waals surface area contributed by atoms with E-state index < -0.39 is 5.97 Å². The van der Waals surface area contributed by atoms with Crippen LogP contribution in [0.1, 0.15) is 94.9 Å². The summed E-state index contributed by atoms with van der Waals surface area (Å²) in [6.07, 6.45) is 4.88. The highest BCUT2D eigenvalue weighted by Gasteiger charge is 2.36. The van der Waals surface area contributed by atoms with Crippen LogP contribution in [0.4, 0.5) is 5.69 Å². The van der Waals surface area contributed by atoms with Crippen molar-refractivity contribution in [2.75, 3.05) is 25.6 Å². The minimum Gasteiger partial charge on any atom is -0.494 e. The molecule has 0 atom stereocenters. The minimum absolute atomic E-state index is 0.0111. The van der Waals surface area contributed by atoms with Crippen LogP contribution >= 0.6 is 0 Å². The number of nitrogens with zero attached hydrogens (tertiary/aromatic N) is 2. The number of amides is 1. The second kappa shape index (κ2) is 18.1. The fourth-order valence-electron chi connectivity index (χ4n) is 6.19. The van der Waals surface area contributed by atoms with Crippen LogP contribution in [0.15, 0.2) is 103 Å². The van der Waals surface area contributed by atoms with Crippen molar-refractivity contribution in [3.05, 3.63) is 125 Å². The predicted octanol–water partition coefficient (Wildman–Crippen LogP) is 9.31. The number of para-hydroxylation sites is 1. The Balaban J connectivity index is 1.22. The molecule has 5 aromatic rings. The number of hydrogen-bond acceptors (Lipinski definition) is 9. The number of nitrogens with one attached hydrogen (secondary N) is 1. The molecule has 1 heterocycles. The van der Waals surface area contributed by atoms with Crippen LogP contribution in [0.2, 0.25) is 0 Å². The molecular formula is C44H45N3O7. The maximum absolute atomic E-state index is 13.4. The van der Waals surface area contributed by atoms with E-state index in [1.54, 1.807) is 66.7 Å². The Morgan fingerprint density at radius 2 is 1.35 bits per heavy atom. The summed E-state index contributed by atoms with van der Waals surface area (Å²) in [5.41, 5.74) is 5.39. The van der Waals surface area contributed by atoms with Gasteiger partial charge in [-0.15, -0.1) is 10.2 Å². The number of esters is 2. The Labute approximate surface area is 315 Å². The van der Waals surface area contributed by atoms with E-state index in [0.717, 1.165) is 42.7 Å². The van der Waals surface area contributed by atoms with Crippen molar-refractivity contribution in [1.82, 2.24) is 10.2 Å². The van der Waals surface area contributed by atoms with Gasteiger partial charge in [-0.05, 0) is 110 Å². The van der Waals surface area contributed by atoms with Gasteiger partial charge in [-0.1, -0.05) is 57.0 Å². The highest BCUT2D eigenvalue weighted by atomic mass is 16.5. The highest BCUT2D eigenvalue weighted by Crippen LogP contribution is 2.44. The summed E-state index contributed by atoms with van der Waals surface area (Å²) in [4.78, 5) is 38.8. The molecule has 1 aliphatic carbocycles. The Morgan fingerprint density at radius 1 is 0.704 bits per heavy atom.